The molecule has 0 saturated heterocycles. The fraction of sp³-hybridized carbons (Fsp3) is 0.720. The Morgan fingerprint density at radius 1 is 0.875 bits per heavy atom. The van der Waals surface area contributed by atoms with Crippen LogP contribution in [-0.2, 0) is 18.9 Å². The second-order valence-electron chi connectivity index (χ2n) is 7.75. The third kappa shape index (κ3) is 13.7. The van der Waals surface area contributed by atoms with Crippen LogP contribution in [0.4, 0.5) is 0 Å². The van der Waals surface area contributed by atoms with E-state index in [9.17, 15) is 9.90 Å². The molecule has 1 rings (SSSR count). The van der Waals surface area contributed by atoms with E-state index in [-0.39, 0.29) is 12.4 Å². The van der Waals surface area contributed by atoms with Crippen molar-refractivity contribution < 1.29 is 34.0 Å². The first-order valence-electron chi connectivity index (χ1n) is 11.7. The Hall–Kier alpha value is -1.67. The molecule has 7 nitrogen and oxygen atoms in total. The van der Waals surface area contributed by atoms with Gasteiger partial charge >= 0.3 is 5.97 Å². The zero-order valence-corrected chi connectivity index (χ0v) is 20.6. The third-order valence-electron chi connectivity index (χ3n) is 5.15. The normalized spacial score (nSPS) is 12.1. The average molecular weight is 457 g/mol. The standard InChI is InChI=1S/C13H28O3.C12H16O4/c1-5-6-7-8-9-10-11-12-13(14-2,15-3)16-4;1-2-3-11(14)8-16-12(15)9-4-6-10(13)7-5-9/h5-12H2,1-4H3;4-7,11,13-14H,2-3,8H2,1H3. The number of aromatic hydroxyl groups is 1. The molecule has 186 valence electrons. The van der Waals surface area contributed by atoms with Crippen LogP contribution in [0, 0.1) is 0 Å². The van der Waals surface area contributed by atoms with Crippen molar-refractivity contribution in [2.45, 2.75) is 90.1 Å². The smallest absolute Gasteiger partial charge is 0.338 e. The number of rotatable bonds is 16. The highest BCUT2D eigenvalue weighted by molar-refractivity contribution is 5.89. The summed E-state index contributed by atoms with van der Waals surface area (Å²) in [4.78, 5) is 11.4. The number of phenolic OH excluding ortho intramolecular Hbond substituents is 1. The minimum absolute atomic E-state index is 0.00749. The van der Waals surface area contributed by atoms with Gasteiger partial charge in [-0.1, -0.05) is 58.8 Å². The van der Waals surface area contributed by atoms with Crippen LogP contribution in [0.2, 0.25) is 0 Å². The summed E-state index contributed by atoms with van der Waals surface area (Å²) >= 11 is 0. The molecule has 0 heterocycles. The largest absolute Gasteiger partial charge is 0.508 e. The molecule has 1 unspecified atom stereocenters. The molecule has 1 atom stereocenters. The lowest BCUT2D eigenvalue weighted by atomic mass is 10.1. The summed E-state index contributed by atoms with van der Waals surface area (Å²) in [6.45, 7) is 4.20. The molecule has 0 aliphatic rings. The molecule has 1 aromatic rings. The number of carbonyl (C=O) groups is 1. The molecule has 0 bridgehead atoms. The molecule has 0 aromatic heterocycles. The van der Waals surface area contributed by atoms with Crippen LogP contribution in [-0.4, -0.2) is 56.2 Å². The van der Waals surface area contributed by atoms with Gasteiger partial charge in [0.1, 0.15) is 12.4 Å². The first-order chi connectivity index (χ1) is 15.4. The van der Waals surface area contributed by atoms with E-state index < -0.39 is 18.0 Å². The quantitative estimate of drug-likeness (QED) is 0.195. The lowest BCUT2D eigenvalue weighted by Crippen LogP contribution is -2.35. The summed E-state index contributed by atoms with van der Waals surface area (Å²) in [5, 5.41) is 18.4. The molecule has 0 radical (unpaired) electrons. The van der Waals surface area contributed by atoms with Crippen LogP contribution in [0.3, 0.4) is 0 Å². The summed E-state index contributed by atoms with van der Waals surface area (Å²) in [5.74, 6) is -1.22. The Balaban J connectivity index is 0.000000601. The van der Waals surface area contributed by atoms with Crippen molar-refractivity contribution in [3.63, 3.8) is 0 Å². The fourth-order valence-corrected chi connectivity index (χ4v) is 3.12. The van der Waals surface area contributed by atoms with E-state index >= 15 is 0 Å². The van der Waals surface area contributed by atoms with Gasteiger partial charge in [-0.25, -0.2) is 4.79 Å². The highest BCUT2D eigenvalue weighted by Crippen LogP contribution is 2.21. The zero-order chi connectivity index (χ0) is 24.2. The van der Waals surface area contributed by atoms with Crippen LogP contribution in [0.15, 0.2) is 24.3 Å². The third-order valence-corrected chi connectivity index (χ3v) is 5.15. The van der Waals surface area contributed by atoms with E-state index in [1.807, 2.05) is 6.92 Å². The van der Waals surface area contributed by atoms with Crippen LogP contribution >= 0.6 is 0 Å². The highest BCUT2D eigenvalue weighted by atomic mass is 16.9. The van der Waals surface area contributed by atoms with Gasteiger partial charge in [-0.2, -0.15) is 0 Å². The van der Waals surface area contributed by atoms with Gasteiger partial charge < -0.3 is 29.2 Å². The van der Waals surface area contributed by atoms with Gasteiger partial charge in [-0.05, 0) is 37.1 Å². The summed E-state index contributed by atoms with van der Waals surface area (Å²) < 4.78 is 20.6. The van der Waals surface area contributed by atoms with Crippen LogP contribution in [0.25, 0.3) is 0 Å². The van der Waals surface area contributed by atoms with Gasteiger partial charge in [0.05, 0.1) is 11.7 Å². The number of esters is 1. The van der Waals surface area contributed by atoms with Crippen molar-refractivity contribution in [1.29, 1.82) is 0 Å². The maximum absolute atomic E-state index is 11.4. The molecule has 2 N–H and O–H groups in total. The molecule has 0 amide bonds. The van der Waals surface area contributed by atoms with Crippen LogP contribution < -0.4 is 0 Å². The molecule has 32 heavy (non-hydrogen) atoms. The number of unbranched alkanes of at least 4 members (excludes halogenated alkanes) is 6. The Morgan fingerprint density at radius 3 is 1.91 bits per heavy atom. The predicted molar refractivity (Wildman–Crippen MR) is 126 cm³/mol. The van der Waals surface area contributed by atoms with E-state index in [4.69, 9.17) is 24.1 Å². The summed E-state index contributed by atoms with van der Waals surface area (Å²) in [6.07, 6.45) is 10.6. The predicted octanol–water partition coefficient (Wildman–Crippen LogP) is 5.43. The second-order valence-corrected chi connectivity index (χ2v) is 7.75. The maximum atomic E-state index is 11.4. The number of aliphatic hydroxyl groups excluding tert-OH is 1. The molecule has 0 spiro atoms. The van der Waals surface area contributed by atoms with Gasteiger partial charge in [0.2, 0.25) is 0 Å². The number of aliphatic hydroxyl groups is 1. The molecule has 0 saturated carbocycles. The van der Waals surface area contributed by atoms with E-state index in [0.717, 1.165) is 19.3 Å². The number of hydrogen-bond acceptors (Lipinski definition) is 7. The van der Waals surface area contributed by atoms with Gasteiger partial charge in [0.25, 0.3) is 5.97 Å². The Labute approximate surface area is 194 Å². The van der Waals surface area contributed by atoms with Crippen LogP contribution in [0.5, 0.6) is 5.75 Å². The number of phenols is 1. The summed E-state index contributed by atoms with van der Waals surface area (Å²) in [5.41, 5.74) is 0.362. The molecule has 1 aromatic carbocycles. The molecule has 0 fully saturated rings. The van der Waals surface area contributed by atoms with Gasteiger partial charge in [0, 0.05) is 27.8 Å². The van der Waals surface area contributed by atoms with E-state index in [1.165, 1.54) is 62.8 Å². The molecular weight excluding hydrogens is 412 g/mol. The van der Waals surface area contributed by atoms with E-state index in [2.05, 4.69) is 6.92 Å². The Kier molecular flexibility index (Phi) is 17.9. The summed E-state index contributed by atoms with van der Waals surface area (Å²) in [6, 6.07) is 5.78. The molecule has 7 heteroatoms. The lowest BCUT2D eigenvalue weighted by molar-refractivity contribution is -0.355. The number of methoxy groups -OCH3 is 3. The van der Waals surface area contributed by atoms with Gasteiger partial charge in [-0.3, -0.25) is 0 Å². The maximum Gasteiger partial charge on any atom is 0.338 e. The van der Waals surface area contributed by atoms with Crippen molar-refractivity contribution in [3.05, 3.63) is 29.8 Å². The minimum Gasteiger partial charge on any atom is -0.508 e. The zero-order valence-electron chi connectivity index (χ0n) is 20.6. The average Bonchev–Trinajstić information content (AvgIpc) is 2.81. The molecule has 0 aliphatic heterocycles. The van der Waals surface area contributed by atoms with Crippen molar-refractivity contribution in [2.24, 2.45) is 0 Å². The monoisotopic (exact) mass is 456 g/mol. The highest BCUT2D eigenvalue weighted by Gasteiger charge is 2.28. The fourth-order valence-electron chi connectivity index (χ4n) is 3.12. The minimum atomic E-state index is -0.830. The Morgan fingerprint density at radius 2 is 1.41 bits per heavy atom. The van der Waals surface area contributed by atoms with E-state index in [0.29, 0.717) is 12.0 Å². The van der Waals surface area contributed by atoms with Crippen molar-refractivity contribution in [2.75, 3.05) is 27.9 Å². The van der Waals surface area contributed by atoms with Crippen molar-refractivity contribution >= 4 is 5.97 Å². The first-order valence-corrected chi connectivity index (χ1v) is 11.7. The van der Waals surface area contributed by atoms with E-state index in [1.54, 1.807) is 21.3 Å². The number of hydrogen-bond donors (Lipinski definition) is 2. The van der Waals surface area contributed by atoms with Gasteiger partial charge in [0.15, 0.2) is 0 Å². The Bertz CT molecular complexity index is 562. The molecular formula is C25H44O7. The van der Waals surface area contributed by atoms with Gasteiger partial charge in [-0.15, -0.1) is 0 Å². The van der Waals surface area contributed by atoms with Crippen molar-refractivity contribution in [1.82, 2.24) is 0 Å². The van der Waals surface area contributed by atoms with Crippen LogP contribution in [0.1, 0.15) is 88.4 Å². The molecule has 0 aliphatic carbocycles. The first kappa shape index (κ1) is 30.3. The summed E-state index contributed by atoms with van der Waals surface area (Å²) in [7, 11) is 4.86. The number of ether oxygens (including phenoxy) is 4. The number of benzene rings is 1. The lowest BCUT2D eigenvalue weighted by Gasteiger charge is -2.28. The van der Waals surface area contributed by atoms with Crippen molar-refractivity contribution in [3.8, 4) is 5.75 Å². The topological polar surface area (TPSA) is 94.5 Å². The number of carbonyl (C=O) groups excluding carboxylic acids is 1. The second kappa shape index (κ2) is 18.9. The SMILES string of the molecule is CCCC(O)COC(=O)c1ccc(O)cc1.CCCCCCCCCC(OC)(OC)OC.